The van der Waals surface area contributed by atoms with Gasteiger partial charge in [-0.25, -0.2) is 9.98 Å². The Bertz CT molecular complexity index is 876. The van der Waals surface area contributed by atoms with Crippen LogP contribution >= 0.6 is 24.0 Å². The third-order valence-electron chi connectivity index (χ3n) is 3.89. The maximum absolute atomic E-state index is 12.2. The fraction of sp³-hybridized carbons (Fsp3) is 0.381. The molecule has 1 aromatic heterocycles. The van der Waals surface area contributed by atoms with Crippen molar-refractivity contribution in [3.63, 3.8) is 0 Å². The van der Waals surface area contributed by atoms with Gasteiger partial charge in [0, 0.05) is 25.2 Å². The molecule has 0 fully saturated rings. The Morgan fingerprint density at radius 2 is 1.84 bits per heavy atom. The number of aryl methyl sites for hydroxylation is 1. The summed E-state index contributed by atoms with van der Waals surface area (Å²) in [7, 11) is 0. The van der Waals surface area contributed by atoms with Crippen molar-refractivity contribution < 1.29 is 22.7 Å². The van der Waals surface area contributed by atoms with E-state index in [1.54, 1.807) is 18.2 Å². The number of nitrogens with zero attached hydrogens (tertiary/aromatic N) is 2. The number of guanidine groups is 1. The van der Waals surface area contributed by atoms with Crippen molar-refractivity contribution in [1.82, 2.24) is 15.6 Å². The van der Waals surface area contributed by atoms with Crippen molar-refractivity contribution in [2.24, 2.45) is 4.99 Å². The SMILES string of the molecule is CCNC(=NCc1ccc(OCC(F)(F)F)cc1)NCCC(=O)Nc1cccc(C)n1.I. The molecule has 1 heterocycles. The molecule has 11 heteroatoms. The number of aromatic nitrogens is 1. The van der Waals surface area contributed by atoms with E-state index in [2.05, 4.69) is 30.7 Å². The lowest BCUT2D eigenvalue weighted by Gasteiger charge is -2.12. The Hall–Kier alpha value is -2.57. The summed E-state index contributed by atoms with van der Waals surface area (Å²) in [6.45, 7) is 3.75. The van der Waals surface area contributed by atoms with E-state index in [9.17, 15) is 18.0 Å². The van der Waals surface area contributed by atoms with Crippen LogP contribution in [0.25, 0.3) is 0 Å². The summed E-state index contributed by atoms with van der Waals surface area (Å²) >= 11 is 0. The molecule has 0 saturated carbocycles. The Morgan fingerprint density at radius 3 is 2.47 bits per heavy atom. The zero-order valence-corrected chi connectivity index (χ0v) is 20.2. The number of alkyl halides is 3. The summed E-state index contributed by atoms with van der Waals surface area (Å²) in [5.74, 6) is 1.01. The third kappa shape index (κ3) is 11.2. The van der Waals surface area contributed by atoms with Crippen LogP contribution in [-0.2, 0) is 11.3 Å². The molecule has 0 atom stereocenters. The van der Waals surface area contributed by atoms with Gasteiger partial charge in [-0.3, -0.25) is 4.79 Å². The van der Waals surface area contributed by atoms with Gasteiger partial charge >= 0.3 is 6.18 Å². The normalized spacial score (nSPS) is 11.3. The molecular weight excluding hydrogens is 538 g/mol. The van der Waals surface area contributed by atoms with Crippen LogP contribution in [0.4, 0.5) is 19.0 Å². The molecule has 0 aliphatic carbocycles. The monoisotopic (exact) mass is 565 g/mol. The quantitative estimate of drug-likeness (QED) is 0.243. The maximum Gasteiger partial charge on any atom is 0.422 e. The molecule has 1 aromatic carbocycles. The van der Waals surface area contributed by atoms with Gasteiger partial charge in [-0.2, -0.15) is 13.2 Å². The molecule has 0 aliphatic heterocycles. The van der Waals surface area contributed by atoms with Crippen molar-refractivity contribution in [3.05, 3.63) is 53.7 Å². The van der Waals surface area contributed by atoms with E-state index in [1.165, 1.54) is 12.1 Å². The van der Waals surface area contributed by atoms with Gasteiger partial charge in [-0.15, -0.1) is 24.0 Å². The van der Waals surface area contributed by atoms with Crippen molar-refractivity contribution in [3.8, 4) is 5.75 Å². The molecule has 176 valence electrons. The van der Waals surface area contributed by atoms with E-state index in [-0.39, 0.29) is 42.1 Å². The van der Waals surface area contributed by atoms with E-state index in [0.29, 0.717) is 31.4 Å². The summed E-state index contributed by atoms with van der Waals surface area (Å²) in [6.07, 6.45) is -4.14. The largest absolute Gasteiger partial charge is 0.484 e. The van der Waals surface area contributed by atoms with Gasteiger partial charge in [0.15, 0.2) is 12.6 Å². The van der Waals surface area contributed by atoms with Crippen molar-refractivity contribution in [2.45, 2.75) is 33.0 Å². The lowest BCUT2D eigenvalue weighted by atomic mass is 10.2. The lowest BCUT2D eigenvalue weighted by Crippen LogP contribution is -2.38. The van der Waals surface area contributed by atoms with Crippen LogP contribution in [0, 0.1) is 6.92 Å². The molecule has 0 spiro atoms. The van der Waals surface area contributed by atoms with E-state index in [0.717, 1.165) is 11.3 Å². The summed E-state index contributed by atoms with van der Waals surface area (Å²) in [5, 5.41) is 8.89. The van der Waals surface area contributed by atoms with Crippen molar-refractivity contribution in [2.75, 3.05) is 25.0 Å². The average Bonchev–Trinajstić information content (AvgIpc) is 2.70. The fourth-order valence-electron chi connectivity index (χ4n) is 2.48. The minimum atomic E-state index is -4.37. The number of benzene rings is 1. The molecule has 0 saturated heterocycles. The van der Waals surface area contributed by atoms with Crippen LogP contribution < -0.4 is 20.7 Å². The van der Waals surface area contributed by atoms with Crippen LogP contribution in [0.2, 0.25) is 0 Å². The Balaban J connectivity index is 0.00000512. The maximum atomic E-state index is 12.2. The van der Waals surface area contributed by atoms with Gasteiger partial charge in [0.25, 0.3) is 0 Å². The van der Waals surface area contributed by atoms with Gasteiger partial charge in [-0.1, -0.05) is 18.2 Å². The second-order valence-electron chi connectivity index (χ2n) is 6.63. The molecule has 32 heavy (non-hydrogen) atoms. The molecule has 0 aliphatic rings. The predicted molar refractivity (Wildman–Crippen MR) is 128 cm³/mol. The minimum absolute atomic E-state index is 0. The number of ether oxygens (including phenoxy) is 1. The number of hydrogen-bond acceptors (Lipinski definition) is 4. The smallest absolute Gasteiger partial charge is 0.422 e. The summed E-state index contributed by atoms with van der Waals surface area (Å²) in [5.41, 5.74) is 1.62. The summed E-state index contributed by atoms with van der Waals surface area (Å²) < 4.78 is 41.3. The molecule has 3 N–H and O–H groups in total. The van der Waals surface area contributed by atoms with E-state index < -0.39 is 12.8 Å². The molecule has 0 radical (unpaired) electrons. The van der Waals surface area contributed by atoms with Crippen molar-refractivity contribution >= 4 is 41.7 Å². The zero-order valence-electron chi connectivity index (χ0n) is 17.8. The topological polar surface area (TPSA) is 87.6 Å². The molecule has 2 aromatic rings. The highest BCUT2D eigenvalue weighted by molar-refractivity contribution is 14.0. The van der Waals surface area contributed by atoms with Crippen LogP contribution in [0.15, 0.2) is 47.5 Å². The number of anilines is 1. The van der Waals surface area contributed by atoms with Crippen LogP contribution in [0.1, 0.15) is 24.6 Å². The highest BCUT2D eigenvalue weighted by atomic mass is 127. The first-order valence-electron chi connectivity index (χ1n) is 9.79. The number of nitrogens with one attached hydrogen (secondary N) is 3. The predicted octanol–water partition coefficient (Wildman–Crippen LogP) is 4.03. The second-order valence-corrected chi connectivity index (χ2v) is 6.63. The van der Waals surface area contributed by atoms with Crippen molar-refractivity contribution in [1.29, 1.82) is 0 Å². The number of halogens is 4. The van der Waals surface area contributed by atoms with Gasteiger partial charge < -0.3 is 20.7 Å². The number of rotatable bonds is 9. The third-order valence-corrected chi connectivity index (χ3v) is 3.89. The van der Waals surface area contributed by atoms with Crippen LogP contribution in [0.5, 0.6) is 5.75 Å². The van der Waals surface area contributed by atoms with Gasteiger partial charge in [0.05, 0.1) is 6.54 Å². The van der Waals surface area contributed by atoms with E-state index in [1.807, 2.05) is 26.0 Å². The number of carbonyl (C=O) groups excluding carboxylic acids is 1. The van der Waals surface area contributed by atoms with Gasteiger partial charge in [0.2, 0.25) is 5.91 Å². The Labute approximate surface area is 202 Å². The standard InChI is InChI=1S/C21H26F3N5O2.HI/c1-3-25-20(26-12-11-19(30)29-18-6-4-5-15(2)28-18)27-13-16-7-9-17(10-8-16)31-14-21(22,23)24;/h4-10H,3,11-14H2,1-2H3,(H2,25,26,27)(H,28,29,30);1H. The molecule has 7 nitrogen and oxygen atoms in total. The van der Waals surface area contributed by atoms with Gasteiger partial charge in [-0.05, 0) is 43.7 Å². The lowest BCUT2D eigenvalue weighted by molar-refractivity contribution is -0.153. The summed E-state index contributed by atoms with van der Waals surface area (Å²) in [6, 6.07) is 11.6. The molecular formula is C21H27F3IN5O2. The molecule has 2 rings (SSSR count). The highest BCUT2D eigenvalue weighted by Gasteiger charge is 2.28. The first-order chi connectivity index (χ1) is 14.7. The van der Waals surface area contributed by atoms with Crippen LogP contribution in [-0.4, -0.2) is 42.7 Å². The number of hydrogen-bond donors (Lipinski definition) is 3. The second kappa shape index (κ2) is 13.8. The highest BCUT2D eigenvalue weighted by Crippen LogP contribution is 2.19. The number of amides is 1. The average molecular weight is 565 g/mol. The summed E-state index contributed by atoms with van der Waals surface area (Å²) in [4.78, 5) is 20.7. The molecule has 0 bridgehead atoms. The van der Waals surface area contributed by atoms with E-state index >= 15 is 0 Å². The number of carbonyl (C=O) groups is 1. The molecule has 0 unspecified atom stereocenters. The zero-order chi connectivity index (χ0) is 22.7. The minimum Gasteiger partial charge on any atom is -0.484 e. The molecule has 1 amide bonds. The van der Waals surface area contributed by atoms with E-state index in [4.69, 9.17) is 0 Å². The first kappa shape index (κ1) is 27.5. The number of pyridine rings is 1. The first-order valence-corrected chi connectivity index (χ1v) is 9.79. The Kier molecular flexibility index (Phi) is 11.8. The fourth-order valence-corrected chi connectivity index (χ4v) is 2.48. The van der Waals surface area contributed by atoms with Gasteiger partial charge in [0.1, 0.15) is 11.6 Å². The Morgan fingerprint density at radius 1 is 1.12 bits per heavy atom. The number of aliphatic imine (C=N–C) groups is 1. The van der Waals surface area contributed by atoms with Crippen LogP contribution in [0.3, 0.4) is 0 Å².